The predicted octanol–water partition coefficient (Wildman–Crippen LogP) is 4.39. The summed E-state index contributed by atoms with van der Waals surface area (Å²) >= 11 is 0. The van der Waals surface area contributed by atoms with Crippen molar-refractivity contribution >= 4 is 11.8 Å². The molecule has 3 fully saturated rings. The van der Waals surface area contributed by atoms with Crippen molar-refractivity contribution in [2.75, 3.05) is 0 Å². The molecule has 0 bridgehead atoms. The second-order valence-corrected chi connectivity index (χ2v) is 9.08. The van der Waals surface area contributed by atoms with Crippen molar-refractivity contribution in [1.29, 1.82) is 0 Å². The molecule has 1 heterocycles. The Morgan fingerprint density at radius 2 is 1.65 bits per heavy atom. The van der Waals surface area contributed by atoms with Gasteiger partial charge in [-0.3, -0.25) is 9.59 Å². The Morgan fingerprint density at radius 3 is 2.39 bits per heavy atom. The number of carbonyl (C=O) groups excluding carboxylic acids is 2. The normalized spacial score (nSPS) is 48.3. The summed E-state index contributed by atoms with van der Waals surface area (Å²) in [6.07, 6.45) is 6.89. The highest BCUT2D eigenvalue weighted by Gasteiger charge is 2.55. The minimum atomic E-state index is -0.0118. The van der Waals surface area contributed by atoms with Gasteiger partial charge in [-0.2, -0.15) is 0 Å². The molecule has 0 aromatic rings. The number of esters is 1. The van der Waals surface area contributed by atoms with E-state index >= 15 is 0 Å². The maximum Gasteiger partial charge on any atom is 0.309 e. The average molecular weight is 320 g/mol. The third kappa shape index (κ3) is 3.21. The van der Waals surface area contributed by atoms with E-state index in [1.165, 1.54) is 6.42 Å². The van der Waals surface area contributed by atoms with Crippen LogP contribution in [0.2, 0.25) is 0 Å². The third-order valence-corrected chi connectivity index (χ3v) is 6.99. The summed E-state index contributed by atoms with van der Waals surface area (Å²) < 4.78 is 5.90. The van der Waals surface area contributed by atoms with Crippen LogP contribution in [0.25, 0.3) is 0 Å². The molecule has 0 spiro atoms. The van der Waals surface area contributed by atoms with Crippen LogP contribution in [0.5, 0.6) is 0 Å². The SMILES string of the molecule is C[C@@H]1CC(=O)C[C@@H](C)CC[C@]2(C)CCC3[C@@H](C)C(=O)O[C@H](C1)[C@H]32. The van der Waals surface area contributed by atoms with Crippen LogP contribution < -0.4 is 0 Å². The second-order valence-electron chi connectivity index (χ2n) is 9.08. The maximum atomic E-state index is 12.3. The van der Waals surface area contributed by atoms with Gasteiger partial charge in [-0.15, -0.1) is 0 Å². The molecule has 2 saturated carbocycles. The Bertz CT molecular complexity index is 485. The van der Waals surface area contributed by atoms with Crippen molar-refractivity contribution in [2.24, 2.45) is 35.0 Å². The van der Waals surface area contributed by atoms with Crippen molar-refractivity contribution in [1.82, 2.24) is 0 Å². The number of hydrogen-bond acceptors (Lipinski definition) is 3. The Morgan fingerprint density at radius 1 is 1.00 bits per heavy atom. The molecular formula is C20H32O3. The third-order valence-electron chi connectivity index (χ3n) is 6.99. The first-order valence-electron chi connectivity index (χ1n) is 9.52. The molecule has 3 rings (SSSR count). The lowest BCUT2D eigenvalue weighted by Gasteiger charge is -2.45. The largest absolute Gasteiger partial charge is 0.462 e. The molecule has 0 amide bonds. The molecule has 7 atom stereocenters. The summed E-state index contributed by atoms with van der Waals surface area (Å²) in [7, 11) is 0. The van der Waals surface area contributed by atoms with E-state index in [4.69, 9.17) is 4.74 Å². The van der Waals surface area contributed by atoms with Gasteiger partial charge in [0.15, 0.2) is 0 Å². The van der Waals surface area contributed by atoms with Crippen molar-refractivity contribution in [3.63, 3.8) is 0 Å². The molecule has 1 aliphatic heterocycles. The Hall–Kier alpha value is -0.860. The lowest BCUT2D eigenvalue weighted by atomic mass is 9.66. The highest BCUT2D eigenvalue weighted by molar-refractivity contribution is 5.78. The van der Waals surface area contributed by atoms with E-state index in [9.17, 15) is 9.59 Å². The number of rotatable bonds is 0. The van der Waals surface area contributed by atoms with Gasteiger partial charge < -0.3 is 4.74 Å². The zero-order valence-corrected chi connectivity index (χ0v) is 15.1. The molecule has 1 saturated heterocycles. The Labute approximate surface area is 140 Å². The second kappa shape index (κ2) is 6.22. The fraction of sp³-hybridized carbons (Fsp3) is 0.900. The first-order chi connectivity index (χ1) is 10.8. The Kier molecular flexibility index (Phi) is 4.59. The van der Waals surface area contributed by atoms with Crippen LogP contribution in [0.3, 0.4) is 0 Å². The summed E-state index contributed by atoms with van der Waals surface area (Å²) in [5.74, 6) is 2.16. The zero-order valence-electron chi connectivity index (χ0n) is 15.1. The van der Waals surface area contributed by atoms with Gasteiger partial charge in [0.05, 0.1) is 5.92 Å². The van der Waals surface area contributed by atoms with Gasteiger partial charge in [-0.25, -0.2) is 0 Å². The van der Waals surface area contributed by atoms with Crippen LogP contribution in [0, 0.1) is 35.0 Å². The average Bonchev–Trinajstić information content (AvgIpc) is 2.80. The molecule has 0 aromatic heterocycles. The number of ketones is 1. The molecule has 23 heavy (non-hydrogen) atoms. The maximum absolute atomic E-state index is 12.3. The molecule has 3 aliphatic rings. The van der Waals surface area contributed by atoms with Crippen LogP contribution in [0.15, 0.2) is 0 Å². The van der Waals surface area contributed by atoms with Crippen molar-refractivity contribution in [3.05, 3.63) is 0 Å². The molecule has 0 radical (unpaired) electrons. The quantitative estimate of drug-likeness (QED) is 0.622. The smallest absolute Gasteiger partial charge is 0.309 e. The fourth-order valence-electron chi connectivity index (χ4n) is 5.65. The first kappa shape index (κ1) is 17.0. The summed E-state index contributed by atoms with van der Waals surface area (Å²) in [6.45, 7) is 8.83. The summed E-state index contributed by atoms with van der Waals surface area (Å²) in [5.41, 5.74) is 0.270. The van der Waals surface area contributed by atoms with Gasteiger partial charge in [0.1, 0.15) is 11.9 Å². The van der Waals surface area contributed by atoms with Crippen molar-refractivity contribution < 1.29 is 14.3 Å². The fourth-order valence-corrected chi connectivity index (χ4v) is 5.65. The van der Waals surface area contributed by atoms with E-state index < -0.39 is 0 Å². The zero-order chi connectivity index (χ0) is 16.8. The number of ether oxygens (including phenoxy) is 1. The van der Waals surface area contributed by atoms with Gasteiger partial charge in [0.25, 0.3) is 0 Å². The van der Waals surface area contributed by atoms with Crippen molar-refractivity contribution in [3.8, 4) is 0 Å². The molecular weight excluding hydrogens is 288 g/mol. The number of Topliss-reactive ketones (excluding diaryl/α,β-unsaturated/α-hetero) is 1. The molecule has 130 valence electrons. The standard InChI is InChI=1S/C20H32O3/c1-12-5-7-20(4)8-6-16-14(3)19(22)23-17(18(16)20)11-13(2)10-15(21)9-12/h12-14,16-18H,5-11H2,1-4H3/t12-,13+,14+,16?,17+,18-,20+/m0/s1. The van der Waals surface area contributed by atoms with Crippen molar-refractivity contribution in [2.45, 2.75) is 78.7 Å². The highest BCUT2D eigenvalue weighted by atomic mass is 16.5. The van der Waals surface area contributed by atoms with Gasteiger partial charge >= 0.3 is 5.97 Å². The molecule has 3 nitrogen and oxygen atoms in total. The van der Waals surface area contributed by atoms with E-state index in [1.807, 2.05) is 0 Å². The lowest BCUT2D eigenvalue weighted by Crippen LogP contribution is -2.47. The molecule has 0 aromatic carbocycles. The lowest BCUT2D eigenvalue weighted by molar-refractivity contribution is -0.176. The summed E-state index contributed by atoms with van der Waals surface area (Å²) in [4.78, 5) is 24.5. The molecule has 3 heteroatoms. The molecule has 0 N–H and O–H groups in total. The summed E-state index contributed by atoms with van der Waals surface area (Å²) in [6, 6.07) is 0. The van der Waals surface area contributed by atoms with Gasteiger partial charge in [-0.1, -0.05) is 27.7 Å². The van der Waals surface area contributed by atoms with Crippen LogP contribution in [-0.2, 0) is 14.3 Å². The number of hydrogen-bond donors (Lipinski definition) is 0. The monoisotopic (exact) mass is 320 g/mol. The molecule has 2 aliphatic carbocycles. The van der Waals surface area contributed by atoms with Crippen LogP contribution in [0.1, 0.15) is 72.6 Å². The molecule has 1 unspecified atom stereocenters. The van der Waals surface area contributed by atoms with Gasteiger partial charge in [-0.05, 0) is 55.3 Å². The predicted molar refractivity (Wildman–Crippen MR) is 89.8 cm³/mol. The minimum Gasteiger partial charge on any atom is -0.462 e. The summed E-state index contributed by atoms with van der Waals surface area (Å²) in [5, 5.41) is 0. The topological polar surface area (TPSA) is 43.4 Å². The van der Waals surface area contributed by atoms with E-state index in [1.54, 1.807) is 0 Å². The minimum absolute atomic E-state index is 0.0118. The van der Waals surface area contributed by atoms with Gasteiger partial charge in [0.2, 0.25) is 0 Å². The Balaban J connectivity index is 1.90. The van der Waals surface area contributed by atoms with Crippen LogP contribution in [0.4, 0.5) is 0 Å². The van der Waals surface area contributed by atoms with E-state index in [0.717, 1.165) is 32.1 Å². The highest BCUT2D eigenvalue weighted by Crippen LogP contribution is 2.57. The van der Waals surface area contributed by atoms with Crippen LogP contribution in [-0.4, -0.2) is 17.9 Å². The van der Waals surface area contributed by atoms with Crippen LogP contribution >= 0.6 is 0 Å². The van der Waals surface area contributed by atoms with E-state index in [-0.39, 0.29) is 23.4 Å². The van der Waals surface area contributed by atoms with E-state index in [2.05, 4.69) is 27.7 Å². The van der Waals surface area contributed by atoms with Gasteiger partial charge in [0, 0.05) is 18.8 Å². The number of carbonyl (C=O) groups is 2. The van der Waals surface area contributed by atoms with E-state index in [0.29, 0.717) is 35.9 Å². The first-order valence-corrected chi connectivity index (χ1v) is 9.52.